The van der Waals surface area contributed by atoms with E-state index in [0.29, 0.717) is 11.7 Å². The Bertz CT molecular complexity index is 343. The monoisotopic (exact) mass is 242 g/mol. The predicted molar refractivity (Wildman–Crippen MR) is 62.1 cm³/mol. The van der Waals surface area contributed by atoms with Gasteiger partial charge in [-0.25, -0.2) is 4.79 Å². The van der Waals surface area contributed by atoms with Crippen LogP contribution in [0.2, 0.25) is 0 Å². The Kier molecular flexibility index (Phi) is 3.48. The van der Waals surface area contributed by atoms with Crippen LogP contribution in [0.1, 0.15) is 25.7 Å². The molecule has 6 heteroatoms. The molecule has 88 valence electrons. The van der Waals surface area contributed by atoms with E-state index < -0.39 is 5.97 Å². The van der Waals surface area contributed by atoms with Crippen LogP contribution in [-0.2, 0) is 4.79 Å². The van der Waals surface area contributed by atoms with Crippen LogP contribution in [0.15, 0.2) is 4.99 Å². The van der Waals surface area contributed by atoms with E-state index in [1.54, 1.807) is 11.8 Å². The Morgan fingerprint density at radius 1 is 1.56 bits per heavy atom. The van der Waals surface area contributed by atoms with E-state index in [1.165, 1.54) is 0 Å². The number of rotatable bonds is 5. The molecule has 2 heterocycles. The summed E-state index contributed by atoms with van der Waals surface area (Å²) < 4.78 is 0. The molecule has 2 amide bonds. The van der Waals surface area contributed by atoms with Crippen molar-refractivity contribution in [3.8, 4) is 0 Å². The number of carboxylic acids is 1. The molecule has 1 fully saturated rings. The molecule has 0 spiro atoms. The van der Waals surface area contributed by atoms with Gasteiger partial charge in [-0.2, -0.15) is 4.99 Å². The van der Waals surface area contributed by atoms with E-state index >= 15 is 0 Å². The van der Waals surface area contributed by atoms with Gasteiger partial charge in [-0.3, -0.25) is 4.79 Å². The van der Waals surface area contributed by atoms with Gasteiger partial charge in [0.15, 0.2) is 0 Å². The molecule has 2 rings (SSSR count). The van der Waals surface area contributed by atoms with Gasteiger partial charge in [0.05, 0.1) is 11.8 Å². The fourth-order valence-corrected chi connectivity index (χ4v) is 3.42. The molecule has 0 aromatic rings. The van der Waals surface area contributed by atoms with Crippen molar-refractivity contribution in [3.05, 3.63) is 0 Å². The Hall–Kier alpha value is -1.04. The maximum absolute atomic E-state index is 11.0. The van der Waals surface area contributed by atoms with Gasteiger partial charge in [-0.1, -0.05) is 6.42 Å². The topological polar surface area (TPSA) is 78.8 Å². The normalized spacial score (nSPS) is 27.5. The standard InChI is InChI=1S/C10H14N2O3S/c13-8(14)4-2-1-3-7-9-6(5-16-7)11-10(15)12-9/h7,9H,1-5H2,(H,12,15)(H,13,14)/t7-,9-/m0/s1. The van der Waals surface area contributed by atoms with Gasteiger partial charge in [0, 0.05) is 17.4 Å². The molecule has 0 aromatic heterocycles. The number of carbonyl (C=O) groups excluding carboxylic acids is 1. The third-order valence-electron chi connectivity index (χ3n) is 2.83. The van der Waals surface area contributed by atoms with E-state index in [9.17, 15) is 9.59 Å². The molecule has 5 nitrogen and oxygen atoms in total. The largest absolute Gasteiger partial charge is 0.481 e. The Morgan fingerprint density at radius 3 is 3.12 bits per heavy atom. The number of carbonyl (C=O) groups is 2. The van der Waals surface area contributed by atoms with Crippen molar-refractivity contribution in [2.24, 2.45) is 4.99 Å². The summed E-state index contributed by atoms with van der Waals surface area (Å²) in [5.41, 5.74) is 0.957. The van der Waals surface area contributed by atoms with Crippen LogP contribution >= 0.6 is 11.8 Å². The molecule has 2 aliphatic rings. The van der Waals surface area contributed by atoms with Crippen LogP contribution in [-0.4, -0.2) is 39.9 Å². The lowest BCUT2D eigenvalue weighted by Crippen LogP contribution is -2.36. The second-order valence-electron chi connectivity index (χ2n) is 4.02. The quantitative estimate of drug-likeness (QED) is 0.712. The van der Waals surface area contributed by atoms with Crippen LogP contribution in [0, 0.1) is 0 Å². The number of nitrogens with zero attached hydrogens (tertiary/aromatic N) is 1. The van der Waals surface area contributed by atoms with Gasteiger partial charge >= 0.3 is 12.0 Å². The summed E-state index contributed by atoms with van der Waals surface area (Å²) in [6.07, 6.45) is 2.78. The zero-order valence-electron chi connectivity index (χ0n) is 8.81. The molecule has 1 saturated heterocycles. The summed E-state index contributed by atoms with van der Waals surface area (Å²) >= 11 is 1.80. The number of hydrogen-bond acceptors (Lipinski definition) is 3. The number of aliphatic carboxylic acids is 1. The van der Waals surface area contributed by atoms with Crippen LogP contribution in [0.5, 0.6) is 0 Å². The fraction of sp³-hybridized carbons (Fsp3) is 0.700. The van der Waals surface area contributed by atoms with E-state index in [1.807, 2.05) is 0 Å². The minimum Gasteiger partial charge on any atom is -0.481 e. The highest BCUT2D eigenvalue weighted by Crippen LogP contribution is 2.31. The van der Waals surface area contributed by atoms with Crippen molar-refractivity contribution in [1.82, 2.24) is 5.32 Å². The molecule has 2 atom stereocenters. The predicted octanol–water partition coefficient (Wildman–Crippen LogP) is 1.28. The molecule has 0 bridgehead atoms. The fourth-order valence-electron chi connectivity index (χ4n) is 2.04. The van der Waals surface area contributed by atoms with Crippen molar-refractivity contribution in [3.63, 3.8) is 0 Å². The Morgan fingerprint density at radius 2 is 2.38 bits per heavy atom. The average molecular weight is 242 g/mol. The summed E-state index contributed by atoms with van der Waals surface area (Å²) in [7, 11) is 0. The van der Waals surface area contributed by atoms with Crippen LogP contribution in [0.4, 0.5) is 4.79 Å². The first-order valence-corrected chi connectivity index (χ1v) is 6.43. The second kappa shape index (κ2) is 4.86. The third-order valence-corrected chi connectivity index (χ3v) is 4.23. The van der Waals surface area contributed by atoms with Crippen molar-refractivity contribution < 1.29 is 14.7 Å². The van der Waals surface area contributed by atoms with Gasteiger partial charge in [-0.05, 0) is 12.8 Å². The second-order valence-corrected chi connectivity index (χ2v) is 5.25. The molecule has 0 aromatic carbocycles. The summed E-state index contributed by atoms with van der Waals surface area (Å²) in [6.45, 7) is 0. The molecule has 0 aliphatic carbocycles. The molecule has 16 heavy (non-hydrogen) atoms. The molecule has 2 N–H and O–H groups in total. The smallest absolute Gasteiger partial charge is 0.341 e. The number of unbranched alkanes of at least 4 members (excludes halogenated alkanes) is 1. The lowest BCUT2D eigenvalue weighted by molar-refractivity contribution is -0.137. The van der Waals surface area contributed by atoms with Crippen molar-refractivity contribution in [2.75, 3.05) is 5.75 Å². The van der Waals surface area contributed by atoms with Gasteiger partial charge < -0.3 is 10.4 Å². The maximum atomic E-state index is 11.0. The minimum absolute atomic E-state index is 0.0994. The highest BCUT2D eigenvalue weighted by molar-refractivity contribution is 8.01. The molecule has 0 radical (unpaired) electrons. The lowest BCUT2D eigenvalue weighted by atomic mass is 10.0. The van der Waals surface area contributed by atoms with E-state index in [4.69, 9.17) is 5.11 Å². The number of amides is 2. The minimum atomic E-state index is -0.740. The van der Waals surface area contributed by atoms with Gasteiger partial charge in [0.1, 0.15) is 0 Å². The maximum Gasteiger partial charge on any atom is 0.341 e. The van der Waals surface area contributed by atoms with Crippen molar-refractivity contribution in [1.29, 1.82) is 0 Å². The number of nitrogens with one attached hydrogen (secondary N) is 1. The number of carboxylic acid groups (broad SMARTS) is 1. The average Bonchev–Trinajstić information content (AvgIpc) is 2.72. The molecule has 2 aliphatic heterocycles. The first kappa shape index (κ1) is 11.4. The third kappa shape index (κ3) is 2.55. The van der Waals surface area contributed by atoms with E-state index in [2.05, 4.69) is 10.3 Å². The summed E-state index contributed by atoms with van der Waals surface area (Å²) in [5, 5.41) is 11.7. The summed E-state index contributed by atoms with van der Waals surface area (Å²) in [5.74, 6) is 0.0861. The van der Waals surface area contributed by atoms with Crippen molar-refractivity contribution >= 4 is 29.5 Å². The molecular weight excluding hydrogens is 228 g/mol. The molecule has 0 unspecified atom stereocenters. The SMILES string of the molecule is O=C(O)CCCC[C@@H]1SCC2=NC(=O)N[C@@H]21. The Balaban J connectivity index is 1.74. The van der Waals surface area contributed by atoms with E-state index in [0.717, 1.165) is 24.3 Å². The number of urea groups is 1. The van der Waals surface area contributed by atoms with Gasteiger partial charge in [0.25, 0.3) is 0 Å². The first-order valence-electron chi connectivity index (χ1n) is 5.38. The first-order chi connectivity index (χ1) is 7.66. The van der Waals surface area contributed by atoms with Crippen molar-refractivity contribution in [2.45, 2.75) is 37.0 Å². The van der Waals surface area contributed by atoms with Gasteiger partial charge in [-0.15, -0.1) is 11.8 Å². The molecule has 0 saturated carbocycles. The zero-order chi connectivity index (χ0) is 11.5. The summed E-state index contributed by atoms with van der Waals surface area (Å²) in [4.78, 5) is 25.3. The Labute approximate surface area is 97.7 Å². The number of aliphatic imine (C=N–C) groups is 1. The highest BCUT2D eigenvalue weighted by atomic mass is 32.2. The number of fused-ring (bicyclic) bond motifs is 1. The highest BCUT2D eigenvalue weighted by Gasteiger charge is 2.38. The van der Waals surface area contributed by atoms with Crippen LogP contribution < -0.4 is 5.32 Å². The van der Waals surface area contributed by atoms with E-state index in [-0.39, 0.29) is 18.5 Å². The number of hydrogen-bond donors (Lipinski definition) is 2. The van der Waals surface area contributed by atoms with Gasteiger partial charge in [0.2, 0.25) is 0 Å². The lowest BCUT2D eigenvalue weighted by Gasteiger charge is -2.15. The summed E-state index contributed by atoms with van der Waals surface area (Å²) in [6, 6.07) is -0.127. The van der Waals surface area contributed by atoms with Crippen LogP contribution in [0.25, 0.3) is 0 Å². The molecular formula is C10H14N2O3S. The number of thioether (sulfide) groups is 1. The zero-order valence-corrected chi connectivity index (χ0v) is 9.63. The van der Waals surface area contributed by atoms with Crippen LogP contribution in [0.3, 0.4) is 0 Å².